The predicted octanol–water partition coefficient (Wildman–Crippen LogP) is 0.792. The first-order valence-electron chi connectivity index (χ1n) is 8.94. The van der Waals surface area contributed by atoms with Gasteiger partial charge in [-0.05, 0) is 31.9 Å². The number of carbonyl (C=O) groups excluding carboxylic acids is 1. The van der Waals surface area contributed by atoms with Crippen molar-refractivity contribution < 1.29 is 13.2 Å². The van der Waals surface area contributed by atoms with E-state index < -0.39 is 10.0 Å². The van der Waals surface area contributed by atoms with Gasteiger partial charge in [-0.2, -0.15) is 0 Å². The predicted molar refractivity (Wildman–Crippen MR) is 96.8 cm³/mol. The van der Waals surface area contributed by atoms with E-state index >= 15 is 0 Å². The molecule has 1 aromatic heterocycles. The Labute approximate surface area is 149 Å². The summed E-state index contributed by atoms with van der Waals surface area (Å²) in [6.45, 7) is 5.54. The van der Waals surface area contributed by atoms with E-state index in [0.29, 0.717) is 39.0 Å². The first-order valence-corrected chi connectivity index (χ1v) is 10.5. The molecule has 138 valence electrons. The van der Waals surface area contributed by atoms with Crippen LogP contribution in [-0.4, -0.2) is 73.5 Å². The van der Waals surface area contributed by atoms with Gasteiger partial charge in [0.25, 0.3) is 0 Å². The molecule has 0 N–H and O–H groups in total. The Bertz CT molecular complexity index is 679. The summed E-state index contributed by atoms with van der Waals surface area (Å²) < 4.78 is 25.4. The molecule has 0 aliphatic carbocycles. The maximum Gasteiger partial charge on any atom is 0.225 e. The van der Waals surface area contributed by atoms with Crippen molar-refractivity contribution in [2.75, 3.05) is 49.9 Å². The van der Waals surface area contributed by atoms with Gasteiger partial charge in [-0.1, -0.05) is 6.07 Å². The highest BCUT2D eigenvalue weighted by Crippen LogP contribution is 2.23. The van der Waals surface area contributed by atoms with Crippen molar-refractivity contribution in [3.8, 4) is 0 Å². The molecule has 1 amide bonds. The molecule has 3 rings (SSSR count). The van der Waals surface area contributed by atoms with Crippen molar-refractivity contribution >= 4 is 21.7 Å². The van der Waals surface area contributed by atoms with Gasteiger partial charge in [-0.15, -0.1) is 0 Å². The number of pyridine rings is 1. The molecular formula is C17H26N4O3S. The first-order chi connectivity index (χ1) is 12.0. The van der Waals surface area contributed by atoms with Crippen LogP contribution in [0.1, 0.15) is 19.8 Å². The van der Waals surface area contributed by atoms with Gasteiger partial charge in [0.2, 0.25) is 15.9 Å². The molecule has 0 bridgehead atoms. The Morgan fingerprint density at radius 3 is 2.36 bits per heavy atom. The first kappa shape index (κ1) is 18.1. The van der Waals surface area contributed by atoms with Crippen LogP contribution in [0.25, 0.3) is 0 Å². The monoisotopic (exact) mass is 366 g/mol. The Morgan fingerprint density at radius 2 is 1.80 bits per heavy atom. The maximum atomic E-state index is 12.7. The molecule has 0 atom stereocenters. The van der Waals surface area contributed by atoms with Gasteiger partial charge in [-0.25, -0.2) is 17.7 Å². The summed E-state index contributed by atoms with van der Waals surface area (Å²) in [5.74, 6) is 1.20. The van der Waals surface area contributed by atoms with Gasteiger partial charge < -0.3 is 9.80 Å². The smallest absolute Gasteiger partial charge is 0.225 e. The molecular weight excluding hydrogens is 340 g/mol. The second-order valence-electron chi connectivity index (χ2n) is 6.57. The summed E-state index contributed by atoms with van der Waals surface area (Å²) in [7, 11) is -3.14. The molecule has 0 spiro atoms. The highest BCUT2D eigenvalue weighted by Gasteiger charge is 2.33. The molecule has 25 heavy (non-hydrogen) atoms. The number of nitrogens with zero attached hydrogens (tertiary/aromatic N) is 4. The van der Waals surface area contributed by atoms with Gasteiger partial charge in [0.1, 0.15) is 5.82 Å². The van der Waals surface area contributed by atoms with E-state index in [1.54, 1.807) is 13.1 Å². The van der Waals surface area contributed by atoms with Crippen molar-refractivity contribution in [3.63, 3.8) is 0 Å². The number of hydrogen-bond donors (Lipinski definition) is 0. The standard InChI is InChI=1S/C17H26N4O3S/c1-2-25(23,24)21-9-6-15(7-10-21)17(22)20-13-11-19(12-14-20)16-5-3-4-8-18-16/h3-5,8,15H,2,6-7,9-14H2,1H3. The fourth-order valence-electron chi connectivity index (χ4n) is 3.52. The number of aromatic nitrogens is 1. The van der Waals surface area contributed by atoms with Crippen LogP contribution >= 0.6 is 0 Å². The molecule has 0 radical (unpaired) electrons. The van der Waals surface area contributed by atoms with Crippen LogP contribution in [-0.2, 0) is 14.8 Å². The van der Waals surface area contributed by atoms with Gasteiger partial charge in [0, 0.05) is 51.4 Å². The van der Waals surface area contributed by atoms with Crippen molar-refractivity contribution in [1.29, 1.82) is 0 Å². The number of piperazine rings is 1. The van der Waals surface area contributed by atoms with Crippen LogP contribution in [0.15, 0.2) is 24.4 Å². The Hall–Kier alpha value is -1.67. The third kappa shape index (κ3) is 4.12. The minimum absolute atomic E-state index is 0.0512. The van der Waals surface area contributed by atoms with Crippen molar-refractivity contribution in [2.24, 2.45) is 5.92 Å². The third-order valence-corrected chi connectivity index (χ3v) is 7.01. The SMILES string of the molecule is CCS(=O)(=O)N1CCC(C(=O)N2CCN(c3ccccn3)CC2)CC1. The van der Waals surface area contributed by atoms with E-state index in [2.05, 4.69) is 9.88 Å². The van der Waals surface area contributed by atoms with Crippen molar-refractivity contribution in [2.45, 2.75) is 19.8 Å². The van der Waals surface area contributed by atoms with Gasteiger partial charge in [0.15, 0.2) is 0 Å². The summed E-state index contributed by atoms with van der Waals surface area (Å²) in [6.07, 6.45) is 3.03. The van der Waals surface area contributed by atoms with Crippen LogP contribution < -0.4 is 4.90 Å². The molecule has 2 aliphatic heterocycles. The molecule has 0 unspecified atom stereocenters. The fourth-order valence-corrected chi connectivity index (χ4v) is 4.65. The number of amides is 1. The normalized spacial score (nSPS) is 20.7. The molecule has 2 fully saturated rings. The van der Waals surface area contributed by atoms with E-state index in [0.717, 1.165) is 18.9 Å². The summed E-state index contributed by atoms with van der Waals surface area (Å²) in [4.78, 5) is 21.2. The minimum Gasteiger partial charge on any atom is -0.353 e. The van der Waals surface area contributed by atoms with Crippen LogP contribution in [0, 0.1) is 5.92 Å². The Kier molecular flexibility index (Phi) is 5.58. The second kappa shape index (κ2) is 7.70. The highest BCUT2D eigenvalue weighted by molar-refractivity contribution is 7.89. The third-order valence-electron chi connectivity index (χ3n) is 5.13. The molecule has 0 aromatic carbocycles. The van der Waals surface area contributed by atoms with E-state index in [-0.39, 0.29) is 17.6 Å². The minimum atomic E-state index is -3.14. The average Bonchev–Trinajstić information content (AvgIpc) is 2.68. The van der Waals surface area contributed by atoms with Crippen molar-refractivity contribution in [1.82, 2.24) is 14.2 Å². The van der Waals surface area contributed by atoms with Gasteiger partial charge in [-0.3, -0.25) is 4.79 Å². The quantitative estimate of drug-likeness (QED) is 0.788. The molecule has 2 aliphatic rings. The van der Waals surface area contributed by atoms with Gasteiger partial charge >= 0.3 is 0 Å². The number of hydrogen-bond acceptors (Lipinski definition) is 5. The number of carbonyl (C=O) groups is 1. The van der Waals surface area contributed by atoms with Crippen LogP contribution in [0.3, 0.4) is 0 Å². The van der Waals surface area contributed by atoms with E-state index in [1.165, 1.54) is 4.31 Å². The lowest BCUT2D eigenvalue weighted by Gasteiger charge is -2.38. The van der Waals surface area contributed by atoms with Crippen LogP contribution in [0.2, 0.25) is 0 Å². The molecule has 3 heterocycles. The lowest BCUT2D eigenvalue weighted by atomic mass is 9.96. The number of piperidine rings is 1. The fraction of sp³-hybridized carbons (Fsp3) is 0.647. The lowest BCUT2D eigenvalue weighted by Crippen LogP contribution is -2.52. The molecule has 0 saturated carbocycles. The lowest BCUT2D eigenvalue weighted by molar-refractivity contribution is -0.137. The topological polar surface area (TPSA) is 73.8 Å². The van der Waals surface area contributed by atoms with E-state index in [9.17, 15) is 13.2 Å². The maximum absolute atomic E-state index is 12.7. The highest BCUT2D eigenvalue weighted by atomic mass is 32.2. The summed E-state index contributed by atoms with van der Waals surface area (Å²) in [6, 6.07) is 5.85. The zero-order valence-corrected chi connectivity index (χ0v) is 15.5. The van der Waals surface area contributed by atoms with Gasteiger partial charge in [0.05, 0.1) is 5.75 Å². The summed E-state index contributed by atoms with van der Waals surface area (Å²) in [5, 5.41) is 0. The average molecular weight is 366 g/mol. The van der Waals surface area contributed by atoms with Crippen molar-refractivity contribution in [3.05, 3.63) is 24.4 Å². The number of sulfonamides is 1. The second-order valence-corrected chi connectivity index (χ2v) is 8.83. The molecule has 2 saturated heterocycles. The Morgan fingerprint density at radius 1 is 1.12 bits per heavy atom. The largest absolute Gasteiger partial charge is 0.353 e. The van der Waals surface area contributed by atoms with E-state index in [1.807, 2.05) is 23.1 Å². The summed E-state index contributed by atoms with van der Waals surface area (Å²) >= 11 is 0. The Balaban J connectivity index is 1.50. The summed E-state index contributed by atoms with van der Waals surface area (Å²) in [5.41, 5.74) is 0. The zero-order chi connectivity index (χ0) is 17.9. The molecule has 1 aromatic rings. The number of rotatable bonds is 4. The van der Waals surface area contributed by atoms with Crippen LogP contribution in [0.4, 0.5) is 5.82 Å². The van der Waals surface area contributed by atoms with E-state index in [4.69, 9.17) is 0 Å². The molecule has 7 nitrogen and oxygen atoms in total. The molecule has 8 heteroatoms. The zero-order valence-electron chi connectivity index (χ0n) is 14.7. The number of anilines is 1. The van der Waals surface area contributed by atoms with Crippen LogP contribution in [0.5, 0.6) is 0 Å².